The number of benzene rings is 1. The van der Waals surface area contributed by atoms with Crippen LogP contribution in [-0.2, 0) is 4.79 Å². The number of ketones is 1. The molecule has 1 aliphatic heterocycles. The van der Waals surface area contributed by atoms with E-state index in [9.17, 15) is 9.59 Å². The molecule has 5 heteroatoms. The molecule has 19 heavy (non-hydrogen) atoms. The van der Waals surface area contributed by atoms with Crippen molar-refractivity contribution in [1.29, 1.82) is 0 Å². The second-order valence-electron chi connectivity index (χ2n) is 4.70. The van der Waals surface area contributed by atoms with Gasteiger partial charge in [0.1, 0.15) is 5.78 Å². The van der Waals surface area contributed by atoms with Crippen LogP contribution in [0.4, 0.5) is 0 Å². The van der Waals surface area contributed by atoms with Gasteiger partial charge in [-0.05, 0) is 47.2 Å². The first kappa shape index (κ1) is 15.0. The van der Waals surface area contributed by atoms with Crippen LogP contribution >= 0.6 is 38.5 Å². The average Bonchev–Trinajstić information content (AvgIpc) is 2.41. The van der Waals surface area contributed by atoms with Gasteiger partial charge in [0.05, 0.1) is 5.56 Å². The van der Waals surface area contributed by atoms with Crippen LogP contribution in [0.1, 0.15) is 30.1 Å². The summed E-state index contributed by atoms with van der Waals surface area (Å²) >= 11 is 5.57. The van der Waals surface area contributed by atoms with Crippen molar-refractivity contribution < 1.29 is 9.59 Å². The van der Waals surface area contributed by atoms with Crippen LogP contribution in [0.2, 0.25) is 0 Å². The summed E-state index contributed by atoms with van der Waals surface area (Å²) in [7, 11) is 0. The Morgan fingerprint density at radius 2 is 2.26 bits per heavy atom. The lowest BCUT2D eigenvalue weighted by Crippen LogP contribution is -2.44. The number of hydrogen-bond acceptors (Lipinski definition) is 2. The van der Waals surface area contributed by atoms with Gasteiger partial charge < -0.3 is 4.90 Å². The molecule has 1 aromatic carbocycles. The molecule has 0 bridgehead atoms. The number of rotatable bonds is 2. The third kappa shape index (κ3) is 3.37. The number of carbonyl (C=O) groups excluding carboxylic acids is 2. The van der Waals surface area contributed by atoms with Crippen LogP contribution in [-0.4, -0.2) is 29.7 Å². The standard InChI is InChI=1S/C14H15BrINO2/c1-2-9-8-17(6-5-13(9)18)14(19)11-7-10(15)3-4-12(11)16/h3-4,7,9H,2,5-6,8H2,1H3. The van der Waals surface area contributed by atoms with E-state index in [0.717, 1.165) is 14.5 Å². The summed E-state index contributed by atoms with van der Waals surface area (Å²) in [5.74, 6) is 0.314. The van der Waals surface area contributed by atoms with E-state index < -0.39 is 0 Å². The molecule has 0 saturated carbocycles. The zero-order chi connectivity index (χ0) is 14.0. The quantitative estimate of drug-likeness (QED) is 0.666. The minimum atomic E-state index is 0.00233. The van der Waals surface area contributed by atoms with Gasteiger partial charge in [0.15, 0.2) is 0 Å². The van der Waals surface area contributed by atoms with Crippen LogP contribution in [0.3, 0.4) is 0 Å². The van der Waals surface area contributed by atoms with E-state index in [2.05, 4.69) is 38.5 Å². The molecule has 0 spiro atoms. The molecule has 1 unspecified atom stereocenters. The van der Waals surface area contributed by atoms with Crippen LogP contribution in [0.5, 0.6) is 0 Å². The van der Waals surface area contributed by atoms with Crippen molar-refractivity contribution in [2.45, 2.75) is 19.8 Å². The van der Waals surface area contributed by atoms with Crippen molar-refractivity contribution in [2.75, 3.05) is 13.1 Å². The molecule has 3 nitrogen and oxygen atoms in total. The molecule has 1 aliphatic rings. The predicted octanol–water partition coefficient (Wildman–Crippen LogP) is 3.49. The molecule has 1 heterocycles. The number of amides is 1. The maximum atomic E-state index is 12.5. The molecule has 1 aromatic rings. The lowest BCUT2D eigenvalue weighted by molar-refractivity contribution is -0.125. The molecule has 0 aromatic heterocycles. The average molecular weight is 436 g/mol. The zero-order valence-electron chi connectivity index (χ0n) is 10.7. The number of nitrogens with zero attached hydrogens (tertiary/aromatic N) is 1. The first-order chi connectivity index (χ1) is 9.02. The highest BCUT2D eigenvalue weighted by atomic mass is 127. The normalized spacial score (nSPS) is 19.6. The summed E-state index contributed by atoms with van der Waals surface area (Å²) in [6.07, 6.45) is 1.28. The highest BCUT2D eigenvalue weighted by Crippen LogP contribution is 2.23. The van der Waals surface area contributed by atoms with Gasteiger partial charge >= 0.3 is 0 Å². The van der Waals surface area contributed by atoms with Gasteiger partial charge in [-0.15, -0.1) is 0 Å². The molecule has 1 saturated heterocycles. The van der Waals surface area contributed by atoms with Gasteiger partial charge in [-0.3, -0.25) is 9.59 Å². The van der Waals surface area contributed by atoms with E-state index in [1.54, 1.807) is 4.90 Å². The summed E-state index contributed by atoms with van der Waals surface area (Å²) < 4.78 is 1.84. The molecule has 102 valence electrons. The Morgan fingerprint density at radius 1 is 1.53 bits per heavy atom. The van der Waals surface area contributed by atoms with Crippen LogP contribution in [0.15, 0.2) is 22.7 Å². The SMILES string of the molecule is CCC1CN(C(=O)c2cc(Br)ccc2I)CCC1=O. The molecule has 0 N–H and O–H groups in total. The molecular formula is C14H15BrINO2. The summed E-state index contributed by atoms with van der Waals surface area (Å²) in [6.45, 7) is 3.09. The minimum absolute atomic E-state index is 0.00233. The Bertz CT molecular complexity index is 518. The van der Waals surface area contributed by atoms with Crippen molar-refractivity contribution in [3.63, 3.8) is 0 Å². The summed E-state index contributed by atoms with van der Waals surface area (Å²) in [6, 6.07) is 5.69. The molecule has 2 rings (SSSR count). The smallest absolute Gasteiger partial charge is 0.255 e. The number of piperidine rings is 1. The predicted molar refractivity (Wildman–Crippen MR) is 86.2 cm³/mol. The Labute approximate surface area is 135 Å². The molecule has 0 radical (unpaired) electrons. The van der Waals surface area contributed by atoms with Gasteiger partial charge in [-0.2, -0.15) is 0 Å². The van der Waals surface area contributed by atoms with E-state index in [4.69, 9.17) is 0 Å². The third-order valence-corrected chi connectivity index (χ3v) is 4.90. The molecule has 1 fully saturated rings. The van der Waals surface area contributed by atoms with Gasteiger partial charge in [0, 0.05) is 33.5 Å². The van der Waals surface area contributed by atoms with Crippen molar-refractivity contribution >= 4 is 50.2 Å². The van der Waals surface area contributed by atoms with Gasteiger partial charge in [0.2, 0.25) is 0 Å². The first-order valence-corrected chi connectivity index (χ1v) is 8.17. The third-order valence-electron chi connectivity index (χ3n) is 3.46. The van der Waals surface area contributed by atoms with E-state index in [-0.39, 0.29) is 17.6 Å². The van der Waals surface area contributed by atoms with E-state index >= 15 is 0 Å². The van der Waals surface area contributed by atoms with E-state index in [0.29, 0.717) is 25.1 Å². The fourth-order valence-corrected chi connectivity index (χ4v) is 3.21. The molecule has 1 amide bonds. The van der Waals surface area contributed by atoms with Gasteiger partial charge in [0.25, 0.3) is 5.91 Å². The summed E-state index contributed by atoms with van der Waals surface area (Å²) in [4.78, 5) is 26.0. The fourth-order valence-electron chi connectivity index (χ4n) is 2.28. The van der Waals surface area contributed by atoms with Crippen molar-refractivity contribution in [1.82, 2.24) is 4.90 Å². The van der Waals surface area contributed by atoms with E-state index in [1.165, 1.54) is 0 Å². The Morgan fingerprint density at radius 3 is 2.95 bits per heavy atom. The van der Waals surface area contributed by atoms with Gasteiger partial charge in [-0.1, -0.05) is 22.9 Å². The number of halogens is 2. The molecule has 1 atom stereocenters. The topological polar surface area (TPSA) is 37.4 Å². The Balaban J connectivity index is 2.20. The Kier molecular flexibility index (Phi) is 5.00. The summed E-state index contributed by atoms with van der Waals surface area (Å²) in [5.41, 5.74) is 0.708. The summed E-state index contributed by atoms with van der Waals surface area (Å²) in [5, 5.41) is 0. The second-order valence-corrected chi connectivity index (χ2v) is 6.77. The lowest BCUT2D eigenvalue weighted by atomic mass is 9.93. The first-order valence-electron chi connectivity index (χ1n) is 6.30. The van der Waals surface area contributed by atoms with Gasteiger partial charge in [-0.25, -0.2) is 0 Å². The highest BCUT2D eigenvalue weighted by molar-refractivity contribution is 14.1. The fraction of sp³-hybridized carbons (Fsp3) is 0.429. The maximum absolute atomic E-state index is 12.5. The highest BCUT2D eigenvalue weighted by Gasteiger charge is 2.29. The monoisotopic (exact) mass is 435 g/mol. The largest absolute Gasteiger partial charge is 0.337 e. The van der Waals surface area contributed by atoms with Crippen molar-refractivity contribution in [2.24, 2.45) is 5.92 Å². The van der Waals surface area contributed by atoms with Crippen molar-refractivity contribution in [3.8, 4) is 0 Å². The van der Waals surface area contributed by atoms with E-state index in [1.807, 2.05) is 25.1 Å². The number of carbonyl (C=O) groups is 2. The number of hydrogen-bond donors (Lipinski definition) is 0. The van der Waals surface area contributed by atoms with Crippen LogP contribution in [0, 0.1) is 9.49 Å². The molecule has 0 aliphatic carbocycles. The second kappa shape index (κ2) is 6.35. The van der Waals surface area contributed by atoms with Crippen LogP contribution in [0.25, 0.3) is 0 Å². The molecular weight excluding hydrogens is 421 g/mol. The zero-order valence-corrected chi connectivity index (χ0v) is 14.4. The van der Waals surface area contributed by atoms with Crippen LogP contribution < -0.4 is 0 Å². The maximum Gasteiger partial charge on any atom is 0.255 e. The minimum Gasteiger partial charge on any atom is -0.337 e. The Hall–Kier alpha value is -0.430. The number of Topliss-reactive ketones (excluding diaryl/α,β-unsaturated/α-hetero) is 1. The lowest BCUT2D eigenvalue weighted by Gasteiger charge is -2.31. The number of likely N-dealkylation sites (tertiary alicyclic amines) is 1. The van der Waals surface area contributed by atoms with Crippen molar-refractivity contribution in [3.05, 3.63) is 31.8 Å².